The molecule has 0 fully saturated rings. The monoisotopic (exact) mass is 337 g/mol. The van der Waals surface area contributed by atoms with Gasteiger partial charge in [0.05, 0.1) is 5.69 Å². The van der Waals surface area contributed by atoms with Gasteiger partial charge in [-0.3, -0.25) is 9.59 Å². The van der Waals surface area contributed by atoms with Gasteiger partial charge in [0.15, 0.2) is 6.10 Å². The normalized spacial score (nSPS) is 18.1. The lowest BCUT2D eigenvalue weighted by Gasteiger charge is -2.24. The molecule has 2 aromatic carbocycles. The molecule has 0 aliphatic carbocycles. The van der Waals surface area contributed by atoms with Gasteiger partial charge in [-0.05, 0) is 55.7 Å². The first-order valence-corrected chi connectivity index (χ1v) is 8.40. The summed E-state index contributed by atoms with van der Waals surface area (Å²) in [7, 11) is 0. The first-order chi connectivity index (χ1) is 12.1. The summed E-state index contributed by atoms with van der Waals surface area (Å²) >= 11 is 0. The van der Waals surface area contributed by atoms with E-state index in [1.165, 1.54) is 0 Å². The molecule has 3 N–H and O–H groups in total. The number of nitrogens with one attached hydrogen (secondary N) is 3. The number of benzene rings is 2. The van der Waals surface area contributed by atoms with Crippen molar-refractivity contribution in [3.05, 3.63) is 47.5 Å². The largest absolute Gasteiger partial charge is 0.479 e. The minimum absolute atomic E-state index is 0.156. The molecule has 2 aliphatic rings. The van der Waals surface area contributed by atoms with E-state index >= 15 is 0 Å². The maximum atomic E-state index is 12.7. The standard InChI is InChI=1S/C19H19N3O3/c1-11-18(23)22-16-10-12(7-8-17(16)25-11)21-19(24)14-4-2-6-15-13(14)5-3-9-20-15/h2,4,6-8,10-11,20H,3,5,9H2,1H3,(H,21,24)(H,22,23). The molecule has 1 unspecified atom stereocenters. The molecule has 1 atom stereocenters. The fourth-order valence-electron chi connectivity index (χ4n) is 3.21. The molecule has 128 valence electrons. The Morgan fingerprint density at radius 1 is 1.24 bits per heavy atom. The lowest BCUT2D eigenvalue weighted by atomic mass is 9.97. The molecule has 0 saturated heterocycles. The lowest BCUT2D eigenvalue weighted by molar-refractivity contribution is -0.122. The van der Waals surface area contributed by atoms with Crippen molar-refractivity contribution in [2.24, 2.45) is 0 Å². The molecule has 2 aliphatic heterocycles. The van der Waals surface area contributed by atoms with E-state index in [2.05, 4.69) is 16.0 Å². The maximum Gasteiger partial charge on any atom is 0.265 e. The Labute approximate surface area is 145 Å². The van der Waals surface area contributed by atoms with Crippen LogP contribution in [0.2, 0.25) is 0 Å². The van der Waals surface area contributed by atoms with Crippen LogP contribution < -0.4 is 20.7 Å². The van der Waals surface area contributed by atoms with Gasteiger partial charge in [-0.25, -0.2) is 0 Å². The van der Waals surface area contributed by atoms with Crippen molar-refractivity contribution in [2.45, 2.75) is 25.9 Å². The van der Waals surface area contributed by atoms with E-state index in [1.807, 2.05) is 18.2 Å². The molecule has 2 aromatic rings. The Bertz CT molecular complexity index is 863. The van der Waals surface area contributed by atoms with E-state index in [9.17, 15) is 9.59 Å². The van der Waals surface area contributed by atoms with Gasteiger partial charge in [0.1, 0.15) is 5.75 Å². The number of hydrogen-bond acceptors (Lipinski definition) is 4. The van der Waals surface area contributed by atoms with Crippen LogP contribution in [-0.4, -0.2) is 24.5 Å². The van der Waals surface area contributed by atoms with Crippen molar-refractivity contribution in [1.29, 1.82) is 0 Å². The number of rotatable bonds is 2. The zero-order chi connectivity index (χ0) is 17.4. The summed E-state index contributed by atoms with van der Waals surface area (Å²) < 4.78 is 5.53. The first kappa shape index (κ1) is 15.5. The Hall–Kier alpha value is -3.02. The van der Waals surface area contributed by atoms with Crippen LogP contribution in [0.4, 0.5) is 17.1 Å². The first-order valence-electron chi connectivity index (χ1n) is 8.40. The van der Waals surface area contributed by atoms with E-state index in [-0.39, 0.29) is 11.8 Å². The second-order valence-electron chi connectivity index (χ2n) is 6.28. The third kappa shape index (κ3) is 2.91. The van der Waals surface area contributed by atoms with Crippen molar-refractivity contribution in [3.8, 4) is 5.75 Å². The molecule has 0 aromatic heterocycles. The molecular weight excluding hydrogens is 318 g/mol. The zero-order valence-electron chi connectivity index (χ0n) is 13.9. The number of anilines is 3. The molecule has 0 bridgehead atoms. The van der Waals surface area contributed by atoms with E-state index in [0.717, 1.165) is 30.6 Å². The summed E-state index contributed by atoms with van der Waals surface area (Å²) in [5, 5.41) is 9.03. The van der Waals surface area contributed by atoms with Gasteiger partial charge in [-0.1, -0.05) is 6.07 Å². The smallest absolute Gasteiger partial charge is 0.265 e. The van der Waals surface area contributed by atoms with E-state index < -0.39 is 6.10 Å². The summed E-state index contributed by atoms with van der Waals surface area (Å²) in [4.78, 5) is 24.5. The average molecular weight is 337 g/mol. The maximum absolute atomic E-state index is 12.7. The molecule has 4 rings (SSSR count). The zero-order valence-corrected chi connectivity index (χ0v) is 13.9. The van der Waals surface area contributed by atoms with Crippen LogP contribution in [0.3, 0.4) is 0 Å². The molecule has 6 heteroatoms. The summed E-state index contributed by atoms with van der Waals surface area (Å²) in [6, 6.07) is 11.0. The fraction of sp³-hybridized carbons (Fsp3) is 0.263. The van der Waals surface area contributed by atoms with Gasteiger partial charge >= 0.3 is 0 Å². The molecule has 6 nitrogen and oxygen atoms in total. The fourth-order valence-corrected chi connectivity index (χ4v) is 3.21. The van der Waals surface area contributed by atoms with Gasteiger partial charge in [-0.2, -0.15) is 0 Å². The van der Waals surface area contributed by atoms with Crippen LogP contribution in [0, 0.1) is 0 Å². The Morgan fingerprint density at radius 3 is 3.00 bits per heavy atom. The number of carbonyl (C=O) groups excluding carboxylic acids is 2. The number of ether oxygens (including phenoxy) is 1. The second kappa shape index (κ2) is 6.12. The lowest BCUT2D eigenvalue weighted by Crippen LogP contribution is -2.34. The molecule has 2 amide bonds. The summed E-state index contributed by atoms with van der Waals surface area (Å²) in [5.41, 5.74) is 3.94. The molecule has 0 spiro atoms. The molecule has 25 heavy (non-hydrogen) atoms. The van der Waals surface area contributed by atoms with Crippen LogP contribution in [0.25, 0.3) is 0 Å². The topological polar surface area (TPSA) is 79.5 Å². The van der Waals surface area contributed by atoms with Gasteiger partial charge in [0.25, 0.3) is 11.8 Å². The summed E-state index contributed by atoms with van der Waals surface area (Å²) in [5.74, 6) is 0.252. The van der Waals surface area contributed by atoms with Crippen molar-refractivity contribution >= 4 is 28.9 Å². The minimum atomic E-state index is -0.517. The highest BCUT2D eigenvalue weighted by Gasteiger charge is 2.24. The molecule has 0 saturated carbocycles. The highest BCUT2D eigenvalue weighted by molar-refractivity contribution is 6.07. The summed E-state index contributed by atoms with van der Waals surface area (Å²) in [6.45, 7) is 2.63. The minimum Gasteiger partial charge on any atom is -0.479 e. The van der Waals surface area contributed by atoms with Crippen LogP contribution in [0.5, 0.6) is 5.75 Å². The van der Waals surface area contributed by atoms with Crippen molar-refractivity contribution in [2.75, 3.05) is 22.5 Å². The van der Waals surface area contributed by atoms with Crippen LogP contribution in [0.1, 0.15) is 29.3 Å². The van der Waals surface area contributed by atoms with E-state index in [0.29, 0.717) is 22.7 Å². The predicted octanol–water partition coefficient (Wildman–Crippen LogP) is 3.02. The van der Waals surface area contributed by atoms with Crippen LogP contribution in [-0.2, 0) is 11.2 Å². The SMILES string of the molecule is CC1Oc2ccc(NC(=O)c3cccc4c3CCCN4)cc2NC1=O. The average Bonchev–Trinajstić information content (AvgIpc) is 2.62. The Morgan fingerprint density at radius 2 is 2.12 bits per heavy atom. The number of amides is 2. The summed E-state index contributed by atoms with van der Waals surface area (Å²) in [6.07, 6.45) is 1.38. The van der Waals surface area contributed by atoms with Crippen molar-refractivity contribution in [3.63, 3.8) is 0 Å². The highest BCUT2D eigenvalue weighted by Crippen LogP contribution is 2.32. The van der Waals surface area contributed by atoms with Gasteiger partial charge < -0.3 is 20.7 Å². The molecule has 0 radical (unpaired) electrons. The van der Waals surface area contributed by atoms with Crippen molar-refractivity contribution < 1.29 is 14.3 Å². The van der Waals surface area contributed by atoms with Crippen LogP contribution >= 0.6 is 0 Å². The van der Waals surface area contributed by atoms with Crippen molar-refractivity contribution in [1.82, 2.24) is 0 Å². The van der Waals surface area contributed by atoms with Gasteiger partial charge in [-0.15, -0.1) is 0 Å². The quantitative estimate of drug-likeness (QED) is 0.787. The number of hydrogen-bond donors (Lipinski definition) is 3. The number of fused-ring (bicyclic) bond motifs is 2. The highest BCUT2D eigenvalue weighted by atomic mass is 16.5. The second-order valence-corrected chi connectivity index (χ2v) is 6.28. The van der Waals surface area contributed by atoms with Gasteiger partial charge in [0.2, 0.25) is 0 Å². The van der Waals surface area contributed by atoms with Gasteiger partial charge in [0, 0.05) is 23.5 Å². The third-order valence-electron chi connectivity index (χ3n) is 4.51. The third-order valence-corrected chi connectivity index (χ3v) is 4.51. The van der Waals surface area contributed by atoms with E-state index in [1.54, 1.807) is 25.1 Å². The molecular formula is C19H19N3O3. The molecule has 2 heterocycles. The van der Waals surface area contributed by atoms with Crippen LogP contribution in [0.15, 0.2) is 36.4 Å². The number of carbonyl (C=O) groups is 2. The Kier molecular flexibility index (Phi) is 3.80. The van der Waals surface area contributed by atoms with E-state index in [4.69, 9.17) is 4.74 Å². The Balaban J connectivity index is 1.58. The predicted molar refractivity (Wildman–Crippen MR) is 96.4 cm³/mol.